The highest BCUT2D eigenvalue weighted by Crippen LogP contribution is 2.27. The van der Waals surface area contributed by atoms with Crippen LogP contribution in [0.1, 0.15) is 24.8 Å². The first-order valence-corrected chi connectivity index (χ1v) is 8.70. The van der Waals surface area contributed by atoms with Gasteiger partial charge < -0.3 is 0 Å². The molecule has 0 atom stereocenters. The highest BCUT2D eigenvalue weighted by molar-refractivity contribution is 7.98. The van der Waals surface area contributed by atoms with Crippen LogP contribution in [0.3, 0.4) is 0 Å². The highest BCUT2D eigenvalue weighted by atomic mass is 32.2. The van der Waals surface area contributed by atoms with Crippen molar-refractivity contribution in [2.24, 2.45) is 0 Å². The second-order valence-electron chi connectivity index (χ2n) is 4.68. The average molecular weight is 320 g/mol. The molecule has 0 aliphatic carbocycles. The normalized spacial score (nSPS) is 11.3. The summed E-state index contributed by atoms with van der Waals surface area (Å²) in [5.41, 5.74) is 0.902. The second-order valence-corrected chi connectivity index (χ2v) is 6.74. The van der Waals surface area contributed by atoms with Crippen LogP contribution < -0.4 is 5.69 Å². The number of H-pyrrole nitrogens is 1. The lowest BCUT2D eigenvalue weighted by Gasteiger charge is -2.02. The molecule has 0 aliphatic heterocycles. The molecule has 0 saturated heterocycles. The monoisotopic (exact) mass is 320 g/mol. The molecule has 5 nitrogen and oxygen atoms in total. The van der Waals surface area contributed by atoms with Crippen LogP contribution in [0.25, 0.3) is 10.2 Å². The highest BCUT2D eigenvalue weighted by Gasteiger charge is 2.10. The van der Waals surface area contributed by atoms with Crippen molar-refractivity contribution in [2.45, 2.75) is 37.2 Å². The van der Waals surface area contributed by atoms with E-state index in [1.807, 2.05) is 18.2 Å². The number of thiazole rings is 1. The van der Waals surface area contributed by atoms with Crippen LogP contribution in [0.15, 0.2) is 34.2 Å². The predicted octanol–water partition coefficient (Wildman–Crippen LogP) is 3.27. The van der Waals surface area contributed by atoms with Crippen LogP contribution in [-0.4, -0.2) is 19.7 Å². The van der Waals surface area contributed by atoms with Gasteiger partial charge in [0, 0.05) is 6.54 Å². The van der Waals surface area contributed by atoms with Gasteiger partial charge in [-0.1, -0.05) is 37.2 Å². The van der Waals surface area contributed by atoms with Crippen LogP contribution in [0, 0.1) is 0 Å². The number of fused-ring (bicyclic) bond motifs is 1. The van der Waals surface area contributed by atoms with Gasteiger partial charge in [-0.05, 0) is 18.6 Å². The summed E-state index contributed by atoms with van der Waals surface area (Å²) in [6.45, 7) is 2.83. The van der Waals surface area contributed by atoms with Gasteiger partial charge in [0.2, 0.25) is 0 Å². The number of unbranched alkanes of at least 4 members (excludes halogenated alkanes) is 1. The van der Waals surface area contributed by atoms with Crippen molar-refractivity contribution in [1.82, 2.24) is 19.7 Å². The molecule has 3 rings (SSSR count). The van der Waals surface area contributed by atoms with Gasteiger partial charge >= 0.3 is 5.69 Å². The minimum atomic E-state index is -0.129. The van der Waals surface area contributed by atoms with Crippen LogP contribution >= 0.6 is 23.1 Å². The zero-order valence-corrected chi connectivity index (χ0v) is 13.3. The van der Waals surface area contributed by atoms with E-state index in [0.29, 0.717) is 6.54 Å². The number of nitrogens with one attached hydrogen (secondary N) is 1. The molecule has 2 aromatic heterocycles. The Kier molecular flexibility index (Phi) is 4.40. The summed E-state index contributed by atoms with van der Waals surface area (Å²) in [6.07, 6.45) is 2.04. The summed E-state index contributed by atoms with van der Waals surface area (Å²) in [7, 11) is 0. The van der Waals surface area contributed by atoms with E-state index in [1.54, 1.807) is 27.7 Å². The molecule has 0 fully saturated rings. The van der Waals surface area contributed by atoms with Crippen molar-refractivity contribution in [1.29, 1.82) is 0 Å². The number of hydrogen-bond acceptors (Lipinski definition) is 5. The van der Waals surface area contributed by atoms with Gasteiger partial charge in [-0.3, -0.25) is 4.57 Å². The average Bonchev–Trinajstić information content (AvgIpc) is 3.06. The first-order chi connectivity index (χ1) is 10.3. The Labute approximate surface area is 130 Å². The molecule has 0 aliphatic rings. The van der Waals surface area contributed by atoms with Crippen molar-refractivity contribution in [3.63, 3.8) is 0 Å². The van der Waals surface area contributed by atoms with Crippen LogP contribution in [0.5, 0.6) is 0 Å². The van der Waals surface area contributed by atoms with Gasteiger partial charge in [-0.15, -0.1) is 16.4 Å². The van der Waals surface area contributed by atoms with Crippen LogP contribution in [0.2, 0.25) is 0 Å². The molecule has 1 N–H and O–H groups in total. The zero-order valence-electron chi connectivity index (χ0n) is 11.7. The van der Waals surface area contributed by atoms with Gasteiger partial charge in [0.05, 0.1) is 16.0 Å². The lowest BCUT2D eigenvalue weighted by molar-refractivity contribution is 0.573. The number of para-hydroxylation sites is 1. The van der Waals surface area contributed by atoms with Crippen molar-refractivity contribution in [3.8, 4) is 0 Å². The number of rotatable bonds is 6. The molecule has 2 heterocycles. The van der Waals surface area contributed by atoms with E-state index >= 15 is 0 Å². The second kappa shape index (κ2) is 6.44. The van der Waals surface area contributed by atoms with E-state index in [4.69, 9.17) is 0 Å². The maximum Gasteiger partial charge on any atom is 0.343 e. The molecule has 0 amide bonds. The lowest BCUT2D eigenvalue weighted by atomic mass is 10.3. The molecule has 7 heteroatoms. The third-order valence-corrected chi connectivity index (χ3v) is 5.33. The molecule has 0 radical (unpaired) electrons. The van der Waals surface area contributed by atoms with Crippen molar-refractivity contribution >= 4 is 33.3 Å². The summed E-state index contributed by atoms with van der Waals surface area (Å²) >= 11 is 3.24. The van der Waals surface area contributed by atoms with E-state index < -0.39 is 0 Å². The van der Waals surface area contributed by atoms with Gasteiger partial charge in [0.25, 0.3) is 0 Å². The Bertz CT molecular complexity index is 756. The van der Waals surface area contributed by atoms with E-state index in [1.165, 1.54) is 4.70 Å². The number of benzene rings is 1. The van der Waals surface area contributed by atoms with Gasteiger partial charge in [-0.2, -0.15) is 0 Å². The Balaban J connectivity index is 1.74. The van der Waals surface area contributed by atoms with E-state index in [-0.39, 0.29) is 5.69 Å². The maximum absolute atomic E-state index is 11.7. The fourth-order valence-electron chi connectivity index (χ4n) is 2.03. The van der Waals surface area contributed by atoms with E-state index in [2.05, 4.69) is 28.2 Å². The Morgan fingerprint density at radius 3 is 3.05 bits per heavy atom. The number of aromatic amines is 1. The molecule has 1 aromatic carbocycles. The predicted molar refractivity (Wildman–Crippen MR) is 86.9 cm³/mol. The molecule has 0 spiro atoms. The lowest BCUT2D eigenvalue weighted by Crippen LogP contribution is -2.17. The fraction of sp³-hybridized carbons (Fsp3) is 0.357. The van der Waals surface area contributed by atoms with Crippen LogP contribution in [-0.2, 0) is 12.3 Å². The summed E-state index contributed by atoms with van der Waals surface area (Å²) in [4.78, 5) is 16.3. The number of aromatic nitrogens is 4. The third-order valence-electron chi connectivity index (χ3n) is 3.12. The van der Waals surface area contributed by atoms with E-state index in [0.717, 1.165) is 34.3 Å². The number of hydrogen-bond donors (Lipinski definition) is 1. The number of thioether (sulfide) groups is 1. The first-order valence-electron chi connectivity index (χ1n) is 6.90. The Morgan fingerprint density at radius 1 is 1.38 bits per heavy atom. The molecule has 0 saturated carbocycles. The zero-order chi connectivity index (χ0) is 14.7. The Morgan fingerprint density at radius 2 is 2.24 bits per heavy atom. The van der Waals surface area contributed by atoms with E-state index in [9.17, 15) is 4.79 Å². The molecule has 110 valence electrons. The first kappa shape index (κ1) is 14.3. The third kappa shape index (κ3) is 3.19. The molecular weight excluding hydrogens is 304 g/mol. The summed E-state index contributed by atoms with van der Waals surface area (Å²) in [5, 5.41) is 8.43. The summed E-state index contributed by atoms with van der Waals surface area (Å²) in [5.74, 6) is 0.732. The van der Waals surface area contributed by atoms with Crippen LogP contribution in [0.4, 0.5) is 0 Å². The standard InChI is InChI=1S/C14H16N4OS2/c1-2-3-8-18-13(19)16-17-14(18)20-9-12-15-10-6-4-5-7-11(10)21-12/h4-7H,2-3,8-9H2,1H3,(H,16,19). The number of nitrogens with zero attached hydrogens (tertiary/aromatic N) is 3. The van der Waals surface area contributed by atoms with Gasteiger partial charge in [-0.25, -0.2) is 14.9 Å². The minimum absolute atomic E-state index is 0.129. The van der Waals surface area contributed by atoms with Gasteiger partial charge in [0.15, 0.2) is 5.16 Å². The SMILES string of the molecule is CCCCn1c(SCc2nc3ccccc3s2)n[nH]c1=O. The smallest absolute Gasteiger partial charge is 0.270 e. The van der Waals surface area contributed by atoms with Gasteiger partial charge in [0.1, 0.15) is 5.01 Å². The molecule has 0 bridgehead atoms. The van der Waals surface area contributed by atoms with Crippen molar-refractivity contribution < 1.29 is 0 Å². The fourth-order valence-corrected chi connectivity index (χ4v) is 3.97. The summed E-state index contributed by atoms with van der Waals surface area (Å²) < 4.78 is 2.90. The molecule has 3 aromatic rings. The van der Waals surface area contributed by atoms with Crippen molar-refractivity contribution in [3.05, 3.63) is 39.8 Å². The largest absolute Gasteiger partial charge is 0.343 e. The van der Waals surface area contributed by atoms with Crippen molar-refractivity contribution in [2.75, 3.05) is 0 Å². The molecular formula is C14H16N4OS2. The minimum Gasteiger partial charge on any atom is -0.270 e. The topological polar surface area (TPSA) is 63.6 Å². The summed E-state index contributed by atoms with van der Waals surface area (Å²) in [6, 6.07) is 8.11. The Hall–Kier alpha value is -1.60. The molecule has 0 unspecified atom stereocenters. The molecule has 21 heavy (non-hydrogen) atoms. The quantitative estimate of drug-likeness (QED) is 0.708. The maximum atomic E-state index is 11.7.